The van der Waals surface area contributed by atoms with Crippen LogP contribution in [0.2, 0.25) is 0 Å². The number of unbranched alkanes of at least 4 members (excludes halogenated alkanes) is 1. The zero-order chi connectivity index (χ0) is 29.0. The Morgan fingerprint density at radius 1 is 1.00 bits per heavy atom. The Bertz CT molecular complexity index is 986. The van der Waals surface area contributed by atoms with Gasteiger partial charge in [-0.05, 0) is 136 Å². The van der Waals surface area contributed by atoms with E-state index >= 15 is 0 Å². The Morgan fingerprint density at radius 2 is 1.73 bits per heavy atom. The van der Waals surface area contributed by atoms with E-state index in [9.17, 15) is 9.90 Å². The first kappa shape index (κ1) is 31.0. The van der Waals surface area contributed by atoms with Crippen molar-refractivity contribution in [2.75, 3.05) is 20.2 Å². The number of benzene rings is 1. The van der Waals surface area contributed by atoms with Crippen molar-refractivity contribution >= 4 is 5.97 Å². The third-order valence-corrected chi connectivity index (χ3v) is 12.9. The molecular formula is C36H58N2O3. The average Bonchev–Trinajstić information content (AvgIpc) is 3.33. The van der Waals surface area contributed by atoms with E-state index in [0.717, 1.165) is 32.5 Å². The van der Waals surface area contributed by atoms with E-state index in [1.165, 1.54) is 70.5 Å². The van der Waals surface area contributed by atoms with E-state index in [0.29, 0.717) is 58.8 Å². The zero-order valence-electron chi connectivity index (χ0n) is 26.4. The molecular weight excluding hydrogens is 508 g/mol. The van der Waals surface area contributed by atoms with Gasteiger partial charge in [0.15, 0.2) is 0 Å². The van der Waals surface area contributed by atoms with E-state index in [4.69, 9.17) is 4.74 Å². The number of nitrogens with one attached hydrogen (secondary N) is 2. The first-order valence-electron chi connectivity index (χ1n) is 17.0. The van der Waals surface area contributed by atoms with E-state index in [1.807, 2.05) is 0 Å². The lowest BCUT2D eigenvalue weighted by Crippen LogP contribution is -2.59. The van der Waals surface area contributed by atoms with Gasteiger partial charge in [-0.3, -0.25) is 4.79 Å². The summed E-state index contributed by atoms with van der Waals surface area (Å²) in [6.45, 7) is 10.6. The second-order valence-corrected chi connectivity index (χ2v) is 14.9. The van der Waals surface area contributed by atoms with Gasteiger partial charge in [-0.25, -0.2) is 0 Å². The summed E-state index contributed by atoms with van der Waals surface area (Å²) in [4.78, 5) is 11.8. The summed E-state index contributed by atoms with van der Waals surface area (Å²) in [6.07, 6.45) is 13.6. The highest BCUT2D eigenvalue weighted by Crippen LogP contribution is 2.68. The Labute approximate surface area is 250 Å². The molecule has 4 saturated carbocycles. The molecule has 0 heterocycles. The molecule has 0 radical (unpaired) electrons. The van der Waals surface area contributed by atoms with Crippen molar-refractivity contribution in [2.45, 2.75) is 117 Å². The Hall–Kier alpha value is -1.43. The van der Waals surface area contributed by atoms with Crippen molar-refractivity contribution in [3.05, 3.63) is 35.9 Å². The second kappa shape index (κ2) is 13.5. The van der Waals surface area contributed by atoms with Crippen LogP contribution in [0, 0.1) is 46.3 Å². The number of methoxy groups -OCH3 is 1. The summed E-state index contributed by atoms with van der Waals surface area (Å²) < 4.78 is 4.93. The number of fused-ring (bicyclic) bond motifs is 5. The topological polar surface area (TPSA) is 70.6 Å². The lowest BCUT2D eigenvalue weighted by Gasteiger charge is -2.62. The summed E-state index contributed by atoms with van der Waals surface area (Å²) in [7, 11) is 1.50. The normalized spacial score (nSPS) is 38.9. The molecule has 3 unspecified atom stereocenters. The van der Waals surface area contributed by atoms with E-state index in [1.54, 1.807) is 0 Å². The van der Waals surface area contributed by atoms with Crippen molar-refractivity contribution in [2.24, 2.45) is 46.3 Å². The summed E-state index contributed by atoms with van der Waals surface area (Å²) >= 11 is 0. The van der Waals surface area contributed by atoms with E-state index < -0.39 is 0 Å². The summed E-state index contributed by atoms with van der Waals surface area (Å²) in [6, 6.07) is 11.3. The van der Waals surface area contributed by atoms with Crippen LogP contribution in [0.15, 0.2) is 30.3 Å². The number of ether oxygens (including phenoxy) is 1. The van der Waals surface area contributed by atoms with Crippen LogP contribution in [0.5, 0.6) is 0 Å². The third-order valence-electron chi connectivity index (χ3n) is 12.9. The molecule has 3 N–H and O–H groups in total. The maximum absolute atomic E-state index is 11.8. The van der Waals surface area contributed by atoms with Crippen LogP contribution < -0.4 is 10.6 Å². The van der Waals surface area contributed by atoms with Gasteiger partial charge in [0.25, 0.3) is 0 Å². The van der Waals surface area contributed by atoms with E-state index in [2.05, 4.69) is 61.7 Å². The number of esters is 1. The van der Waals surface area contributed by atoms with Gasteiger partial charge in [0.2, 0.25) is 0 Å². The van der Waals surface area contributed by atoms with Crippen LogP contribution in [0.4, 0.5) is 0 Å². The first-order valence-corrected chi connectivity index (χ1v) is 17.0. The fourth-order valence-corrected chi connectivity index (χ4v) is 10.5. The van der Waals surface area contributed by atoms with Gasteiger partial charge in [-0.2, -0.15) is 0 Å². The quantitative estimate of drug-likeness (QED) is 0.193. The van der Waals surface area contributed by atoms with Gasteiger partial charge in [0.05, 0.1) is 13.2 Å². The van der Waals surface area contributed by atoms with Crippen molar-refractivity contribution in [1.29, 1.82) is 0 Å². The number of carbonyl (C=O) groups excluding carboxylic acids is 1. The number of carbonyl (C=O) groups is 1. The monoisotopic (exact) mass is 566 g/mol. The molecule has 5 rings (SSSR count). The minimum atomic E-state index is -0.152. The molecule has 10 atom stereocenters. The fourth-order valence-electron chi connectivity index (χ4n) is 10.5. The van der Waals surface area contributed by atoms with Crippen LogP contribution in [0.25, 0.3) is 0 Å². The van der Waals surface area contributed by atoms with Crippen molar-refractivity contribution in [3.63, 3.8) is 0 Å². The lowest BCUT2D eigenvalue weighted by molar-refractivity contribution is -0.167. The molecule has 0 saturated heterocycles. The fraction of sp³-hybridized carbons (Fsp3) is 0.806. The minimum Gasteiger partial charge on any atom is -0.469 e. The van der Waals surface area contributed by atoms with Crippen LogP contribution in [-0.2, 0) is 16.1 Å². The number of rotatable bonds is 12. The van der Waals surface area contributed by atoms with Gasteiger partial charge in [0.1, 0.15) is 0 Å². The standard InChI is InChI=1S/C36H58N2O3/c1-25(12-15-33(40)41-4)29-13-14-30-34-31(17-19-36(29,30)3)35(2)18-16-28(22-27(35)23-32(34)39)38-21-9-8-20-37-24-26-10-6-5-7-11-26/h5-7,10-11,25,27-32,34,37-39H,8-9,12-24H2,1-4H3/t25-,27-,28-,29-,30?,31?,32-,34?,35+,36-/m1/s1. The zero-order valence-corrected chi connectivity index (χ0v) is 26.4. The van der Waals surface area contributed by atoms with Gasteiger partial charge in [0, 0.05) is 19.0 Å². The molecule has 0 amide bonds. The molecule has 5 nitrogen and oxygen atoms in total. The van der Waals surface area contributed by atoms with Crippen LogP contribution in [0.3, 0.4) is 0 Å². The van der Waals surface area contributed by atoms with Gasteiger partial charge >= 0.3 is 5.97 Å². The largest absolute Gasteiger partial charge is 0.469 e. The highest BCUT2D eigenvalue weighted by molar-refractivity contribution is 5.69. The van der Waals surface area contributed by atoms with Gasteiger partial charge < -0.3 is 20.5 Å². The number of hydrogen-bond donors (Lipinski definition) is 3. The van der Waals surface area contributed by atoms with Crippen molar-refractivity contribution in [1.82, 2.24) is 10.6 Å². The van der Waals surface area contributed by atoms with Crippen LogP contribution >= 0.6 is 0 Å². The SMILES string of the molecule is COC(=O)CC[C@@H](C)[C@H]1CCC2C3C(CC[C@@]21C)[C@@]1(C)CC[C@@H](NCCCCNCc2ccccc2)C[C@@H]1C[C@H]3O. The Balaban J connectivity index is 1.10. The maximum atomic E-state index is 11.8. The molecule has 5 heteroatoms. The highest BCUT2D eigenvalue weighted by Gasteiger charge is 2.62. The molecule has 0 spiro atoms. The Morgan fingerprint density at radius 3 is 2.51 bits per heavy atom. The first-order chi connectivity index (χ1) is 19.8. The number of aliphatic hydroxyl groups is 1. The maximum Gasteiger partial charge on any atom is 0.305 e. The molecule has 4 aliphatic rings. The molecule has 0 bridgehead atoms. The summed E-state index contributed by atoms with van der Waals surface area (Å²) in [5.41, 5.74) is 2.03. The van der Waals surface area contributed by atoms with Crippen molar-refractivity contribution < 1.29 is 14.6 Å². The molecule has 230 valence electrons. The Kier molecular flexibility index (Phi) is 10.2. The smallest absolute Gasteiger partial charge is 0.305 e. The third kappa shape index (κ3) is 6.58. The van der Waals surface area contributed by atoms with Crippen LogP contribution in [0.1, 0.15) is 103 Å². The lowest BCUT2D eigenvalue weighted by atomic mass is 9.43. The summed E-state index contributed by atoms with van der Waals surface area (Å²) in [5, 5.41) is 19.2. The molecule has 0 aromatic heterocycles. The van der Waals surface area contributed by atoms with Crippen molar-refractivity contribution in [3.8, 4) is 0 Å². The van der Waals surface area contributed by atoms with Gasteiger partial charge in [-0.15, -0.1) is 0 Å². The second-order valence-electron chi connectivity index (χ2n) is 14.9. The van der Waals surface area contributed by atoms with Gasteiger partial charge in [-0.1, -0.05) is 51.1 Å². The number of hydrogen-bond acceptors (Lipinski definition) is 5. The predicted octanol–water partition coefficient (Wildman–Crippen LogP) is 6.73. The average molecular weight is 567 g/mol. The summed E-state index contributed by atoms with van der Waals surface area (Å²) in [5.74, 6) is 3.50. The molecule has 41 heavy (non-hydrogen) atoms. The minimum absolute atomic E-state index is 0.0807. The molecule has 1 aromatic rings. The highest BCUT2D eigenvalue weighted by atomic mass is 16.5. The number of aliphatic hydroxyl groups excluding tert-OH is 1. The molecule has 4 aliphatic carbocycles. The van der Waals surface area contributed by atoms with Crippen LogP contribution in [-0.4, -0.2) is 43.4 Å². The molecule has 0 aliphatic heterocycles. The molecule has 1 aromatic carbocycles. The molecule has 4 fully saturated rings. The van der Waals surface area contributed by atoms with E-state index in [-0.39, 0.29) is 12.1 Å². The predicted molar refractivity (Wildman–Crippen MR) is 166 cm³/mol.